The molecule has 0 radical (unpaired) electrons. The highest BCUT2D eigenvalue weighted by atomic mass is 19.4. The molecule has 1 N–H and O–H groups in total. The first-order chi connectivity index (χ1) is 9.88. The Hall–Kier alpha value is -2.01. The summed E-state index contributed by atoms with van der Waals surface area (Å²) in [5.41, 5.74) is 0.294. The van der Waals surface area contributed by atoms with Crippen LogP contribution in [0.5, 0.6) is 5.75 Å². The monoisotopic (exact) mass is 296 g/mol. The normalized spacial score (nSPS) is 13.0. The molecule has 0 saturated carbocycles. The number of para-hydroxylation sites is 1. The molecule has 1 atom stereocenters. The maximum Gasteiger partial charge on any atom is 0.416 e. The van der Waals surface area contributed by atoms with E-state index in [2.05, 4.69) is 0 Å². The fraction of sp³-hybridized carbons (Fsp3) is 0.250. The molecule has 0 spiro atoms. The molecule has 0 bridgehead atoms. The lowest BCUT2D eigenvalue weighted by atomic mass is 10.1. The number of hydrogen-bond donors (Lipinski definition) is 1. The molecule has 2 aromatic rings. The standard InChI is InChI=1S/C16H15F3O2/c1-11-5-2-3-8-15(11)21-10-14(20)12-6-4-7-13(9-12)16(17,18)19/h2-9,14,20H,10H2,1H3. The summed E-state index contributed by atoms with van der Waals surface area (Å²) in [6.45, 7) is 1.75. The lowest BCUT2D eigenvalue weighted by Gasteiger charge is -2.15. The third-order valence-electron chi connectivity index (χ3n) is 3.09. The van der Waals surface area contributed by atoms with Crippen LogP contribution in [-0.4, -0.2) is 11.7 Å². The lowest BCUT2D eigenvalue weighted by Crippen LogP contribution is -2.12. The van der Waals surface area contributed by atoms with Crippen molar-refractivity contribution < 1.29 is 23.0 Å². The molecule has 0 aromatic heterocycles. The molecule has 0 aliphatic carbocycles. The molecule has 1 unspecified atom stereocenters. The first kappa shape index (κ1) is 15.4. The molecule has 0 heterocycles. The van der Waals surface area contributed by atoms with Gasteiger partial charge in [-0.05, 0) is 36.2 Å². The Labute approximate surface area is 120 Å². The van der Waals surface area contributed by atoms with Gasteiger partial charge in [-0.3, -0.25) is 0 Å². The number of benzene rings is 2. The Bertz CT molecular complexity index is 608. The number of aliphatic hydroxyl groups is 1. The van der Waals surface area contributed by atoms with Crippen molar-refractivity contribution in [2.24, 2.45) is 0 Å². The number of hydrogen-bond acceptors (Lipinski definition) is 2. The third kappa shape index (κ3) is 3.98. The number of aliphatic hydroxyl groups excluding tert-OH is 1. The molecule has 0 fully saturated rings. The zero-order valence-corrected chi connectivity index (χ0v) is 11.4. The van der Waals surface area contributed by atoms with E-state index in [0.717, 1.165) is 17.7 Å². The van der Waals surface area contributed by atoms with E-state index >= 15 is 0 Å². The van der Waals surface area contributed by atoms with E-state index in [9.17, 15) is 18.3 Å². The van der Waals surface area contributed by atoms with E-state index in [0.29, 0.717) is 5.75 Å². The molecule has 5 heteroatoms. The predicted molar refractivity (Wildman–Crippen MR) is 73.1 cm³/mol. The Morgan fingerprint density at radius 2 is 1.81 bits per heavy atom. The average Bonchev–Trinajstić information content (AvgIpc) is 2.45. The van der Waals surface area contributed by atoms with Crippen LogP contribution in [0.1, 0.15) is 22.8 Å². The topological polar surface area (TPSA) is 29.5 Å². The summed E-state index contributed by atoms with van der Waals surface area (Å²) < 4.78 is 43.3. The van der Waals surface area contributed by atoms with Crippen molar-refractivity contribution in [2.75, 3.05) is 6.61 Å². The van der Waals surface area contributed by atoms with Gasteiger partial charge in [0.1, 0.15) is 18.5 Å². The Kier molecular flexibility index (Phi) is 4.53. The summed E-state index contributed by atoms with van der Waals surface area (Å²) in [6.07, 6.45) is -5.54. The van der Waals surface area contributed by atoms with Gasteiger partial charge in [0.15, 0.2) is 0 Å². The molecule has 21 heavy (non-hydrogen) atoms. The van der Waals surface area contributed by atoms with Crippen LogP contribution in [0.4, 0.5) is 13.2 Å². The minimum Gasteiger partial charge on any atom is -0.490 e. The van der Waals surface area contributed by atoms with Gasteiger partial charge in [-0.1, -0.05) is 30.3 Å². The highest BCUT2D eigenvalue weighted by molar-refractivity contribution is 5.32. The van der Waals surface area contributed by atoms with Gasteiger partial charge in [0.25, 0.3) is 0 Å². The second-order valence-electron chi connectivity index (χ2n) is 4.72. The smallest absolute Gasteiger partial charge is 0.416 e. The van der Waals surface area contributed by atoms with Gasteiger partial charge in [-0.15, -0.1) is 0 Å². The van der Waals surface area contributed by atoms with Gasteiger partial charge in [0.2, 0.25) is 0 Å². The van der Waals surface area contributed by atoms with Gasteiger partial charge in [0.05, 0.1) is 5.56 Å². The molecule has 2 rings (SSSR count). The van der Waals surface area contributed by atoms with Crippen LogP contribution >= 0.6 is 0 Å². The Morgan fingerprint density at radius 3 is 2.48 bits per heavy atom. The van der Waals surface area contributed by atoms with E-state index in [4.69, 9.17) is 4.74 Å². The number of halogens is 3. The maximum absolute atomic E-state index is 12.6. The number of alkyl halides is 3. The first-order valence-corrected chi connectivity index (χ1v) is 6.41. The van der Waals surface area contributed by atoms with Crippen LogP contribution in [0, 0.1) is 6.92 Å². The van der Waals surface area contributed by atoms with Crippen molar-refractivity contribution in [3.8, 4) is 5.75 Å². The largest absolute Gasteiger partial charge is 0.490 e. The minimum atomic E-state index is -4.42. The second-order valence-corrected chi connectivity index (χ2v) is 4.72. The fourth-order valence-electron chi connectivity index (χ4n) is 1.91. The fourth-order valence-corrected chi connectivity index (χ4v) is 1.91. The number of ether oxygens (including phenoxy) is 1. The summed E-state index contributed by atoms with van der Waals surface area (Å²) >= 11 is 0. The van der Waals surface area contributed by atoms with Gasteiger partial charge >= 0.3 is 6.18 Å². The average molecular weight is 296 g/mol. The molecule has 0 aliphatic heterocycles. The summed E-state index contributed by atoms with van der Waals surface area (Å²) in [6, 6.07) is 11.9. The van der Waals surface area contributed by atoms with Crippen molar-refractivity contribution >= 4 is 0 Å². The van der Waals surface area contributed by atoms with E-state index < -0.39 is 17.8 Å². The molecular weight excluding hydrogens is 281 g/mol. The summed E-state index contributed by atoms with van der Waals surface area (Å²) in [5, 5.41) is 9.97. The van der Waals surface area contributed by atoms with Gasteiger partial charge < -0.3 is 9.84 Å². The first-order valence-electron chi connectivity index (χ1n) is 6.41. The van der Waals surface area contributed by atoms with Crippen molar-refractivity contribution in [3.05, 3.63) is 65.2 Å². The molecule has 2 nitrogen and oxygen atoms in total. The summed E-state index contributed by atoms with van der Waals surface area (Å²) in [4.78, 5) is 0. The predicted octanol–water partition coefficient (Wildman–Crippen LogP) is 4.13. The second kappa shape index (κ2) is 6.18. The summed E-state index contributed by atoms with van der Waals surface area (Å²) in [7, 11) is 0. The van der Waals surface area contributed by atoms with Gasteiger partial charge in [-0.2, -0.15) is 13.2 Å². The van der Waals surface area contributed by atoms with E-state index in [-0.39, 0.29) is 12.2 Å². The zero-order chi connectivity index (χ0) is 15.5. The van der Waals surface area contributed by atoms with Crippen molar-refractivity contribution in [1.29, 1.82) is 0 Å². The third-order valence-corrected chi connectivity index (χ3v) is 3.09. The van der Waals surface area contributed by atoms with Crippen LogP contribution < -0.4 is 4.74 Å². The highest BCUT2D eigenvalue weighted by Crippen LogP contribution is 2.31. The van der Waals surface area contributed by atoms with Gasteiger partial charge in [0, 0.05) is 0 Å². The minimum absolute atomic E-state index is 0.105. The molecule has 112 valence electrons. The maximum atomic E-state index is 12.6. The van der Waals surface area contributed by atoms with Crippen LogP contribution in [0.25, 0.3) is 0 Å². The van der Waals surface area contributed by atoms with E-state index in [1.165, 1.54) is 12.1 Å². The van der Waals surface area contributed by atoms with Crippen LogP contribution in [0.15, 0.2) is 48.5 Å². The van der Waals surface area contributed by atoms with Gasteiger partial charge in [-0.25, -0.2) is 0 Å². The van der Waals surface area contributed by atoms with Crippen LogP contribution in [-0.2, 0) is 6.18 Å². The summed E-state index contributed by atoms with van der Waals surface area (Å²) in [5.74, 6) is 0.600. The lowest BCUT2D eigenvalue weighted by molar-refractivity contribution is -0.137. The molecular formula is C16H15F3O2. The SMILES string of the molecule is Cc1ccccc1OCC(O)c1cccc(C(F)(F)F)c1. The molecule has 0 amide bonds. The molecule has 2 aromatic carbocycles. The molecule has 0 saturated heterocycles. The van der Waals surface area contributed by atoms with Crippen molar-refractivity contribution in [2.45, 2.75) is 19.2 Å². The molecule has 0 aliphatic rings. The van der Waals surface area contributed by atoms with E-state index in [1.54, 1.807) is 12.1 Å². The number of rotatable bonds is 4. The van der Waals surface area contributed by atoms with E-state index in [1.807, 2.05) is 19.1 Å². The van der Waals surface area contributed by atoms with Crippen LogP contribution in [0.3, 0.4) is 0 Å². The zero-order valence-electron chi connectivity index (χ0n) is 11.4. The number of aryl methyl sites for hydroxylation is 1. The van der Waals surface area contributed by atoms with Crippen LogP contribution in [0.2, 0.25) is 0 Å². The quantitative estimate of drug-likeness (QED) is 0.919. The van der Waals surface area contributed by atoms with Crippen molar-refractivity contribution in [1.82, 2.24) is 0 Å². The Balaban J connectivity index is 2.07. The van der Waals surface area contributed by atoms with Crippen molar-refractivity contribution in [3.63, 3.8) is 0 Å². The Morgan fingerprint density at radius 1 is 1.10 bits per heavy atom. The highest BCUT2D eigenvalue weighted by Gasteiger charge is 2.30.